The van der Waals surface area contributed by atoms with Crippen LogP contribution in [-0.2, 0) is 0 Å². The normalized spacial score (nSPS) is 10.4. The van der Waals surface area contributed by atoms with E-state index in [4.69, 9.17) is 21.4 Å². The van der Waals surface area contributed by atoms with Crippen molar-refractivity contribution < 1.29 is 19.0 Å². The zero-order chi connectivity index (χ0) is 13.3. The van der Waals surface area contributed by atoms with Gasteiger partial charge in [0, 0.05) is 0 Å². The monoisotopic (exact) mass is 270 g/mol. The second-order valence-electron chi connectivity index (χ2n) is 3.41. The van der Waals surface area contributed by atoms with E-state index >= 15 is 0 Å². The molecule has 0 saturated heterocycles. The molecule has 0 aliphatic carbocycles. The van der Waals surface area contributed by atoms with Gasteiger partial charge in [-0.15, -0.1) is 0 Å². The van der Waals surface area contributed by atoms with Crippen molar-refractivity contribution in [2.75, 3.05) is 7.11 Å². The van der Waals surface area contributed by atoms with Crippen molar-refractivity contribution in [3.05, 3.63) is 34.7 Å². The Morgan fingerprint density at radius 2 is 2.28 bits per heavy atom. The number of hydrogen-bond acceptors (Lipinski definition) is 3. The van der Waals surface area contributed by atoms with Gasteiger partial charge >= 0.3 is 5.97 Å². The molecule has 5 nitrogen and oxygen atoms in total. The molecule has 1 aromatic carbocycles. The van der Waals surface area contributed by atoms with Gasteiger partial charge < -0.3 is 9.84 Å². The van der Waals surface area contributed by atoms with Crippen LogP contribution in [0.2, 0.25) is 5.02 Å². The number of carboxylic acids is 1. The van der Waals surface area contributed by atoms with Crippen LogP contribution in [0.3, 0.4) is 0 Å². The quantitative estimate of drug-likeness (QED) is 0.899. The Hall–Kier alpha value is -2.08. The number of methoxy groups -OCH3 is 1. The first-order chi connectivity index (χ1) is 8.54. The van der Waals surface area contributed by atoms with Crippen molar-refractivity contribution in [3.8, 4) is 17.0 Å². The van der Waals surface area contributed by atoms with Crippen molar-refractivity contribution in [3.63, 3.8) is 0 Å². The molecular weight excluding hydrogens is 263 g/mol. The number of benzene rings is 1. The van der Waals surface area contributed by atoms with Gasteiger partial charge in [-0.3, -0.25) is 5.10 Å². The van der Waals surface area contributed by atoms with E-state index in [9.17, 15) is 9.18 Å². The first-order valence-corrected chi connectivity index (χ1v) is 5.23. The molecule has 0 unspecified atom stereocenters. The zero-order valence-corrected chi connectivity index (χ0v) is 9.95. The van der Waals surface area contributed by atoms with E-state index in [1.807, 2.05) is 0 Å². The van der Waals surface area contributed by atoms with Crippen LogP contribution in [0.15, 0.2) is 18.2 Å². The van der Waals surface area contributed by atoms with E-state index in [1.165, 1.54) is 25.3 Å². The van der Waals surface area contributed by atoms with E-state index in [-0.39, 0.29) is 27.7 Å². The Morgan fingerprint density at radius 1 is 1.56 bits per heavy atom. The van der Waals surface area contributed by atoms with Gasteiger partial charge in [0.2, 0.25) is 0 Å². The van der Waals surface area contributed by atoms with Gasteiger partial charge in [-0.25, -0.2) is 9.18 Å². The molecule has 94 valence electrons. The van der Waals surface area contributed by atoms with Gasteiger partial charge in [0.15, 0.2) is 5.82 Å². The molecule has 1 heterocycles. The minimum atomic E-state index is -1.19. The fourth-order valence-electron chi connectivity index (χ4n) is 1.50. The SMILES string of the molecule is COc1ccc(Cl)c(F)c1-c1cc(C(=O)O)[nH]n1. The summed E-state index contributed by atoms with van der Waals surface area (Å²) in [7, 11) is 1.37. The maximum absolute atomic E-state index is 13.9. The molecule has 2 aromatic rings. The van der Waals surface area contributed by atoms with Crippen LogP contribution in [0.4, 0.5) is 4.39 Å². The first-order valence-electron chi connectivity index (χ1n) is 4.85. The summed E-state index contributed by atoms with van der Waals surface area (Å²) in [6, 6.07) is 4.04. The highest BCUT2D eigenvalue weighted by molar-refractivity contribution is 6.31. The Morgan fingerprint density at radius 3 is 2.83 bits per heavy atom. The molecule has 0 aliphatic heterocycles. The fraction of sp³-hybridized carbons (Fsp3) is 0.0909. The molecule has 2 N–H and O–H groups in total. The lowest BCUT2D eigenvalue weighted by Gasteiger charge is -2.07. The van der Waals surface area contributed by atoms with Gasteiger partial charge in [-0.2, -0.15) is 5.10 Å². The van der Waals surface area contributed by atoms with E-state index < -0.39 is 11.8 Å². The van der Waals surface area contributed by atoms with Gasteiger partial charge in [0.1, 0.15) is 11.4 Å². The van der Waals surface area contributed by atoms with Gasteiger partial charge in [-0.05, 0) is 18.2 Å². The first kappa shape index (κ1) is 12.4. The number of H-pyrrole nitrogens is 1. The lowest BCUT2D eigenvalue weighted by Crippen LogP contribution is -1.95. The number of carbonyl (C=O) groups is 1. The van der Waals surface area contributed by atoms with E-state index in [0.29, 0.717) is 0 Å². The van der Waals surface area contributed by atoms with Crippen molar-refractivity contribution in [2.45, 2.75) is 0 Å². The number of halogens is 2. The van der Waals surface area contributed by atoms with Gasteiger partial charge in [-0.1, -0.05) is 11.6 Å². The van der Waals surface area contributed by atoms with Crippen LogP contribution >= 0.6 is 11.6 Å². The minimum absolute atomic E-state index is 0.0220. The lowest BCUT2D eigenvalue weighted by molar-refractivity contribution is 0.0690. The average Bonchev–Trinajstić information content (AvgIpc) is 2.81. The lowest BCUT2D eigenvalue weighted by atomic mass is 10.1. The number of ether oxygens (including phenoxy) is 1. The molecule has 0 fully saturated rings. The number of rotatable bonds is 3. The maximum Gasteiger partial charge on any atom is 0.353 e. The molecule has 7 heteroatoms. The molecule has 1 aromatic heterocycles. The molecule has 0 bridgehead atoms. The highest BCUT2D eigenvalue weighted by Gasteiger charge is 2.19. The number of hydrogen-bond donors (Lipinski definition) is 2. The largest absolute Gasteiger partial charge is 0.496 e. The molecule has 2 rings (SSSR count). The van der Waals surface area contributed by atoms with Crippen LogP contribution in [-0.4, -0.2) is 28.4 Å². The molecule has 18 heavy (non-hydrogen) atoms. The standard InChI is InChI=1S/C11H8ClFN2O3/c1-18-8-3-2-5(12)10(13)9(8)6-4-7(11(16)17)15-14-6/h2-4H,1H3,(H,14,15)(H,16,17). The Labute approximate surface area is 106 Å². The summed E-state index contributed by atoms with van der Waals surface area (Å²) in [6.45, 7) is 0. The third-order valence-electron chi connectivity index (χ3n) is 2.34. The Balaban J connectivity index is 2.61. The molecular formula is C11H8ClFN2O3. The van der Waals surface area contributed by atoms with Crippen LogP contribution < -0.4 is 4.74 Å². The predicted molar refractivity (Wildman–Crippen MR) is 62.5 cm³/mol. The maximum atomic E-state index is 13.9. The van der Waals surface area contributed by atoms with Gasteiger partial charge in [0.25, 0.3) is 0 Å². The Bertz CT molecular complexity index is 612. The number of aromatic nitrogens is 2. The van der Waals surface area contributed by atoms with Gasteiger partial charge in [0.05, 0.1) is 23.4 Å². The molecule has 0 atom stereocenters. The molecule has 0 spiro atoms. The summed E-state index contributed by atoms with van der Waals surface area (Å²) in [4.78, 5) is 10.7. The molecule has 0 radical (unpaired) electrons. The third kappa shape index (κ3) is 2.02. The zero-order valence-electron chi connectivity index (χ0n) is 9.20. The molecule has 0 amide bonds. The highest BCUT2D eigenvalue weighted by atomic mass is 35.5. The van der Waals surface area contributed by atoms with Crippen LogP contribution in [0.25, 0.3) is 11.3 Å². The third-order valence-corrected chi connectivity index (χ3v) is 2.63. The smallest absolute Gasteiger partial charge is 0.353 e. The van der Waals surface area contributed by atoms with Crippen molar-refractivity contribution >= 4 is 17.6 Å². The van der Waals surface area contributed by atoms with E-state index in [0.717, 1.165) is 0 Å². The number of nitrogens with zero attached hydrogens (tertiary/aromatic N) is 1. The van der Waals surface area contributed by atoms with Crippen LogP contribution in [0, 0.1) is 5.82 Å². The number of carboxylic acid groups (broad SMARTS) is 1. The summed E-state index contributed by atoms with van der Waals surface area (Å²) < 4.78 is 18.9. The van der Waals surface area contributed by atoms with Crippen LogP contribution in [0.1, 0.15) is 10.5 Å². The number of aromatic carboxylic acids is 1. The minimum Gasteiger partial charge on any atom is -0.496 e. The second-order valence-corrected chi connectivity index (χ2v) is 3.82. The summed E-state index contributed by atoms with van der Waals surface area (Å²) in [6.07, 6.45) is 0. The molecule has 0 saturated carbocycles. The topological polar surface area (TPSA) is 75.2 Å². The van der Waals surface area contributed by atoms with Crippen molar-refractivity contribution in [1.82, 2.24) is 10.2 Å². The fourth-order valence-corrected chi connectivity index (χ4v) is 1.66. The molecule has 0 aliphatic rings. The summed E-state index contributed by atoms with van der Waals surface area (Å²) in [5, 5.41) is 14.7. The number of aromatic amines is 1. The average molecular weight is 271 g/mol. The summed E-state index contributed by atoms with van der Waals surface area (Å²) >= 11 is 5.68. The Kier molecular flexibility index (Phi) is 3.20. The van der Waals surface area contributed by atoms with Crippen molar-refractivity contribution in [1.29, 1.82) is 0 Å². The number of nitrogens with one attached hydrogen (secondary N) is 1. The van der Waals surface area contributed by atoms with E-state index in [2.05, 4.69) is 10.2 Å². The second kappa shape index (κ2) is 4.66. The van der Waals surface area contributed by atoms with E-state index in [1.54, 1.807) is 0 Å². The summed E-state index contributed by atoms with van der Waals surface area (Å²) in [5.41, 5.74) is -0.00979. The van der Waals surface area contributed by atoms with Crippen molar-refractivity contribution in [2.24, 2.45) is 0 Å². The summed E-state index contributed by atoms with van der Waals surface area (Å²) in [5.74, 6) is -1.67. The highest BCUT2D eigenvalue weighted by Crippen LogP contribution is 2.35. The van der Waals surface area contributed by atoms with Crippen LogP contribution in [0.5, 0.6) is 5.75 Å². The predicted octanol–water partition coefficient (Wildman–Crippen LogP) is 2.58.